The second-order valence-electron chi connectivity index (χ2n) is 6.28. The second-order valence-corrected chi connectivity index (χ2v) is 6.28. The highest BCUT2D eigenvalue weighted by Gasteiger charge is 2.37. The maximum absolute atomic E-state index is 12.6. The van der Waals surface area contributed by atoms with Crippen molar-refractivity contribution < 1.29 is 9.53 Å². The summed E-state index contributed by atoms with van der Waals surface area (Å²) in [6.45, 7) is 5.07. The SMILES string of the molecule is C[C@@H]1OCC[C@H]1C(=O)N1CC[C@H](N(C)Cc2ncccn2)C1. The molecule has 3 rings (SSSR count). The highest BCUT2D eigenvalue weighted by atomic mass is 16.5. The van der Waals surface area contributed by atoms with Gasteiger partial charge in [0.05, 0.1) is 18.6 Å². The summed E-state index contributed by atoms with van der Waals surface area (Å²) in [5.74, 6) is 1.13. The number of likely N-dealkylation sites (tertiary alicyclic amines) is 1. The van der Waals surface area contributed by atoms with Crippen molar-refractivity contribution in [3.05, 3.63) is 24.3 Å². The summed E-state index contributed by atoms with van der Waals surface area (Å²) < 4.78 is 5.52. The molecule has 6 nitrogen and oxygen atoms in total. The molecule has 3 heterocycles. The van der Waals surface area contributed by atoms with Crippen LogP contribution in [0, 0.1) is 5.92 Å². The second kappa shape index (κ2) is 6.71. The molecule has 6 heteroatoms. The topological polar surface area (TPSA) is 58.6 Å². The average Bonchev–Trinajstić information content (AvgIpc) is 3.16. The van der Waals surface area contributed by atoms with Crippen molar-refractivity contribution in [3.8, 4) is 0 Å². The Kier molecular flexibility index (Phi) is 4.69. The van der Waals surface area contributed by atoms with Crippen LogP contribution in [0.25, 0.3) is 0 Å². The quantitative estimate of drug-likeness (QED) is 0.828. The summed E-state index contributed by atoms with van der Waals surface area (Å²) in [7, 11) is 2.08. The van der Waals surface area contributed by atoms with Crippen LogP contribution < -0.4 is 0 Å². The van der Waals surface area contributed by atoms with Crippen molar-refractivity contribution >= 4 is 5.91 Å². The molecular weight excluding hydrogens is 280 g/mol. The van der Waals surface area contributed by atoms with Gasteiger partial charge in [0.15, 0.2) is 0 Å². The highest BCUT2D eigenvalue weighted by molar-refractivity contribution is 5.80. The molecule has 0 radical (unpaired) electrons. The Morgan fingerprint density at radius 3 is 2.86 bits per heavy atom. The molecule has 1 amide bonds. The van der Waals surface area contributed by atoms with Gasteiger partial charge in [-0.15, -0.1) is 0 Å². The smallest absolute Gasteiger partial charge is 0.228 e. The van der Waals surface area contributed by atoms with Crippen molar-refractivity contribution in [2.45, 2.75) is 38.5 Å². The third kappa shape index (κ3) is 3.28. The van der Waals surface area contributed by atoms with E-state index in [9.17, 15) is 4.79 Å². The fourth-order valence-corrected chi connectivity index (χ4v) is 3.36. The number of nitrogens with zero attached hydrogens (tertiary/aromatic N) is 4. The van der Waals surface area contributed by atoms with Crippen LogP contribution >= 0.6 is 0 Å². The normalized spacial score (nSPS) is 28.5. The van der Waals surface area contributed by atoms with Gasteiger partial charge in [-0.25, -0.2) is 9.97 Å². The summed E-state index contributed by atoms with van der Waals surface area (Å²) >= 11 is 0. The maximum atomic E-state index is 12.6. The fourth-order valence-electron chi connectivity index (χ4n) is 3.36. The van der Waals surface area contributed by atoms with Crippen molar-refractivity contribution in [3.63, 3.8) is 0 Å². The van der Waals surface area contributed by atoms with Crippen LogP contribution in [0.4, 0.5) is 0 Å². The molecular formula is C16H24N4O2. The molecule has 0 N–H and O–H groups in total. The predicted molar refractivity (Wildman–Crippen MR) is 82.0 cm³/mol. The van der Waals surface area contributed by atoms with E-state index in [0.29, 0.717) is 12.6 Å². The van der Waals surface area contributed by atoms with E-state index in [1.54, 1.807) is 12.4 Å². The van der Waals surface area contributed by atoms with Crippen LogP contribution in [-0.4, -0.2) is 64.6 Å². The number of aromatic nitrogens is 2. The van der Waals surface area contributed by atoms with Gasteiger partial charge in [-0.3, -0.25) is 9.69 Å². The number of carbonyl (C=O) groups is 1. The van der Waals surface area contributed by atoms with E-state index in [1.165, 1.54) is 0 Å². The summed E-state index contributed by atoms with van der Waals surface area (Å²) in [6.07, 6.45) is 5.46. The van der Waals surface area contributed by atoms with Gasteiger partial charge in [-0.1, -0.05) is 0 Å². The first-order chi connectivity index (χ1) is 10.6. The Labute approximate surface area is 131 Å². The third-order valence-electron chi connectivity index (χ3n) is 4.80. The van der Waals surface area contributed by atoms with E-state index in [-0.39, 0.29) is 17.9 Å². The van der Waals surface area contributed by atoms with Crippen molar-refractivity contribution in [2.24, 2.45) is 5.92 Å². The van der Waals surface area contributed by atoms with E-state index in [1.807, 2.05) is 17.9 Å². The Balaban J connectivity index is 1.54. The van der Waals surface area contributed by atoms with Crippen LogP contribution in [0.5, 0.6) is 0 Å². The van der Waals surface area contributed by atoms with Gasteiger partial charge in [0.2, 0.25) is 5.91 Å². The summed E-state index contributed by atoms with van der Waals surface area (Å²) in [6, 6.07) is 2.20. The molecule has 0 spiro atoms. The highest BCUT2D eigenvalue weighted by Crippen LogP contribution is 2.25. The average molecular weight is 304 g/mol. The van der Waals surface area contributed by atoms with Crippen LogP contribution in [0.1, 0.15) is 25.6 Å². The molecule has 0 aromatic carbocycles. The predicted octanol–water partition coefficient (Wildman–Crippen LogP) is 0.934. The minimum atomic E-state index is 0.0431. The van der Waals surface area contributed by atoms with Gasteiger partial charge in [-0.2, -0.15) is 0 Å². The van der Waals surface area contributed by atoms with Crippen molar-refractivity contribution in [1.82, 2.24) is 19.8 Å². The lowest BCUT2D eigenvalue weighted by Crippen LogP contribution is -2.40. The van der Waals surface area contributed by atoms with E-state index in [0.717, 1.165) is 38.3 Å². The molecule has 2 fully saturated rings. The van der Waals surface area contributed by atoms with Gasteiger partial charge < -0.3 is 9.64 Å². The number of rotatable bonds is 4. The first-order valence-electron chi connectivity index (χ1n) is 8.01. The minimum Gasteiger partial charge on any atom is -0.378 e. The van der Waals surface area contributed by atoms with Crippen molar-refractivity contribution in [2.75, 3.05) is 26.7 Å². The van der Waals surface area contributed by atoms with Crippen LogP contribution in [0.2, 0.25) is 0 Å². The first kappa shape index (κ1) is 15.4. The molecule has 22 heavy (non-hydrogen) atoms. The zero-order chi connectivity index (χ0) is 15.5. The lowest BCUT2D eigenvalue weighted by atomic mass is 10.0. The van der Waals surface area contributed by atoms with Crippen molar-refractivity contribution in [1.29, 1.82) is 0 Å². The van der Waals surface area contributed by atoms with Crippen LogP contribution in [0.15, 0.2) is 18.5 Å². The number of hydrogen-bond donors (Lipinski definition) is 0. The lowest BCUT2D eigenvalue weighted by molar-refractivity contribution is -0.136. The molecule has 0 bridgehead atoms. The zero-order valence-corrected chi connectivity index (χ0v) is 13.3. The van der Waals surface area contributed by atoms with Gasteiger partial charge in [-0.05, 0) is 32.9 Å². The molecule has 1 aromatic rings. The molecule has 2 saturated heterocycles. The number of hydrogen-bond acceptors (Lipinski definition) is 5. The van der Waals surface area contributed by atoms with E-state index in [2.05, 4.69) is 21.9 Å². The zero-order valence-electron chi connectivity index (χ0n) is 13.3. The monoisotopic (exact) mass is 304 g/mol. The molecule has 0 unspecified atom stereocenters. The molecule has 3 atom stereocenters. The van der Waals surface area contributed by atoms with Gasteiger partial charge in [0, 0.05) is 38.1 Å². The Morgan fingerprint density at radius 1 is 1.41 bits per heavy atom. The third-order valence-corrected chi connectivity index (χ3v) is 4.80. The first-order valence-corrected chi connectivity index (χ1v) is 8.01. The number of amides is 1. The molecule has 0 saturated carbocycles. The number of carbonyl (C=O) groups excluding carboxylic acids is 1. The van der Waals surface area contributed by atoms with Crippen LogP contribution in [0.3, 0.4) is 0 Å². The Hall–Kier alpha value is -1.53. The molecule has 1 aromatic heterocycles. The fraction of sp³-hybridized carbons (Fsp3) is 0.688. The minimum absolute atomic E-state index is 0.0431. The molecule has 2 aliphatic rings. The summed E-state index contributed by atoms with van der Waals surface area (Å²) in [5, 5.41) is 0. The summed E-state index contributed by atoms with van der Waals surface area (Å²) in [4.78, 5) is 25.4. The van der Waals surface area contributed by atoms with Gasteiger partial charge in [0.1, 0.15) is 5.82 Å². The maximum Gasteiger partial charge on any atom is 0.228 e. The van der Waals surface area contributed by atoms with E-state index >= 15 is 0 Å². The Bertz CT molecular complexity index is 510. The largest absolute Gasteiger partial charge is 0.378 e. The van der Waals surface area contributed by atoms with E-state index in [4.69, 9.17) is 4.74 Å². The molecule has 2 aliphatic heterocycles. The standard InChI is InChI=1S/C16H24N4O2/c1-12-14(5-9-22-12)16(21)20-8-4-13(10-20)19(2)11-15-17-6-3-7-18-15/h3,6-7,12-14H,4-5,8-11H2,1-2H3/t12-,13-,14+/m0/s1. The molecule has 0 aliphatic carbocycles. The lowest BCUT2D eigenvalue weighted by Gasteiger charge is -2.25. The van der Waals surface area contributed by atoms with E-state index < -0.39 is 0 Å². The summed E-state index contributed by atoms with van der Waals surface area (Å²) in [5.41, 5.74) is 0. The van der Waals surface area contributed by atoms with Crippen LogP contribution in [-0.2, 0) is 16.1 Å². The molecule has 120 valence electrons. The number of ether oxygens (including phenoxy) is 1. The van der Waals surface area contributed by atoms with Gasteiger partial charge >= 0.3 is 0 Å². The Morgan fingerprint density at radius 2 is 2.18 bits per heavy atom. The van der Waals surface area contributed by atoms with Gasteiger partial charge in [0.25, 0.3) is 0 Å². The number of likely N-dealkylation sites (N-methyl/N-ethyl adjacent to an activating group) is 1.